The maximum Gasteiger partial charge on any atom is 0.323 e. The van der Waals surface area contributed by atoms with Crippen LogP contribution in [0.1, 0.15) is 6.42 Å². The molecular weight excluding hydrogens is 242 g/mol. The van der Waals surface area contributed by atoms with Crippen LogP contribution in [0.5, 0.6) is 5.75 Å². The molecule has 1 aromatic rings. The van der Waals surface area contributed by atoms with E-state index in [9.17, 15) is 4.79 Å². The molecule has 1 aromatic carbocycles. The van der Waals surface area contributed by atoms with Gasteiger partial charge in [0.25, 0.3) is 0 Å². The van der Waals surface area contributed by atoms with Gasteiger partial charge in [0.2, 0.25) is 0 Å². The van der Waals surface area contributed by atoms with E-state index >= 15 is 0 Å². The van der Waals surface area contributed by atoms with Crippen molar-refractivity contribution in [3.8, 4) is 5.75 Å². The number of hydrogen-bond acceptors (Lipinski definition) is 4. The Morgan fingerprint density at radius 2 is 2.12 bits per heavy atom. The molecule has 17 heavy (non-hydrogen) atoms. The van der Waals surface area contributed by atoms with E-state index in [0.29, 0.717) is 18.0 Å². The van der Waals surface area contributed by atoms with Gasteiger partial charge in [-0.25, -0.2) is 0 Å². The second-order valence-electron chi connectivity index (χ2n) is 3.91. The molecule has 1 heterocycles. The normalized spacial score (nSPS) is 23.4. The van der Waals surface area contributed by atoms with E-state index in [2.05, 4.69) is 10.1 Å². The van der Waals surface area contributed by atoms with Gasteiger partial charge in [-0.1, -0.05) is 11.6 Å². The maximum atomic E-state index is 11.3. The third-order valence-corrected chi connectivity index (χ3v) is 2.94. The van der Waals surface area contributed by atoms with Crippen molar-refractivity contribution < 1.29 is 14.3 Å². The van der Waals surface area contributed by atoms with Crippen molar-refractivity contribution in [1.29, 1.82) is 0 Å². The smallest absolute Gasteiger partial charge is 0.323 e. The van der Waals surface area contributed by atoms with Crippen LogP contribution < -0.4 is 10.1 Å². The molecule has 5 heteroatoms. The zero-order valence-electron chi connectivity index (χ0n) is 9.48. The molecule has 0 unspecified atom stereocenters. The molecule has 0 aliphatic carbocycles. The molecule has 0 amide bonds. The molecule has 4 nitrogen and oxygen atoms in total. The van der Waals surface area contributed by atoms with Gasteiger partial charge in [0.15, 0.2) is 0 Å². The lowest BCUT2D eigenvalue weighted by atomic mass is 10.2. The summed E-state index contributed by atoms with van der Waals surface area (Å²) in [7, 11) is 1.39. The molecule has 1 saturated heterocycles. The van der Waals surface area contributed by atoms with Crippen molar-refractivity contribution in [2.24, 2.45) is 0 Å². The van der Waals surface area contributed by atoms with Crippen LogP contribution in [0.2, 0.25) is 5.02 Å². The van der Waals surface area contributed by atoms with Gasteiger partial charge in [0.05, 0.1) is 7.11 Å². The van der Waals surface area contributed by atoms with Crippen LogP contribution in [0.4, 0.5) is 0 Å². The van der Waals surface area contributed by atoms with Crippen LogP contribution in [0.25, 0.3) is 0 Å². The summed E-state index contributed by atoms with van der Waals surface area (Å²) in [4.78, 5) is 11.3. The number of halogens is 1. The average molecular weight is 256 g/mol. The van der Waals surface area contributed by atoms with Gasteiger partial charge in [-0.2, -0.15) is 0 Å². The molecule has 2 atom stereocenters. The summed E-state index contributed by atoms with van der Waals surface area (Å²) < 4.78 is 10.4. The van der Waals surface area contributed by atoms with Crippen molar-refractivity contribution >= 4 is 17.6 Å². The van der Waals surface area contributed by atoms with Gasteiger partial charge < -0.3 is 14.8 Å². The number of carbonyl (C=O) groups excluding carboxylic acids is 1. The minimum Gasteiger partial charge on any atom is -0.489 e. The summed E-state index contributed by atoms with van der Waals surface area (Å²) in [5.74, 6) is 0.513. The lowest BCUT2D eigenvalue weighted by molar-refractivity contribution is -0.142. The summed E-state index contributed by atoms with van der Waals surface area (Å²) in [6.45, 7) is 0.641. The fraction of sp³-hybridized carbons (Fsp3) is 0.417. The zero-order chi connectivity index (χ0) is 12.3. The molecular formula is C12H14ClNO3. The Balaban J connectivity index is 1.89. The van der Waals surface area contributed by atoms with E-state index < -0.39 is 0 Å². The highest BCUT2D eigenvalue weighted by Gasteiger charge is 2.31. The summed E-state index contributed by atoms with van der Waals surface area (Å²) in [6.07, 6.45) is 0.607. The highest BCUT2D eigenvalue weighted by Crippen LogP contribution is 2.20. The predicted octanol–water partition coefficient (Wildman–Crippen LogP) is 1.62. The first kappa shape index (κ1) is 12.2. The lowest BCUT2D eigenvalue weighted by Gasteiger charge is -2.12. The number of rotatable bonds is 3. The van der Waals surface area contributed by atoms with Gasteiger partial charge >= 0.3 is 5.97 Å². The number of hydrogen-bond donors (Lipinski definition) is 1. The molecule has 92 valence electrons. The van der Waals surface area contributed by atoms with Gasteiger partial charge in [-0.05, 0) is 24.3 Å². The Kier molecular flexibility index (Phi) is 3.86. The molecule has 1 N–H and O–H groups in total. The Morgan fingerprint density at radius 3 is 2.76 bits per heavy atom. The summed E-state index contributed by atoms with van der Waals surface area (Å²) >= 11 is 5.78. The topological polar surface area (TPSA) is 47.6 Å². The van der Waals surface area contributed by atoms with Crippen LogP contribution >= 0.6 is 11.6 Å². The second kappa shape index (κ2) is 5.38. The number of esters is 1. The summed E-state index contributed by atoms with van der Waals surface area (Å²) in [5.41, 5.74) is 0. The van der Waals surface area contributed by atoms with Crippen molar-refractivity contribution in [3.63, 3.8) is 0 Å². The summed E-state index contributed by atoms with van der Waals surface area (Å²) in [5, 5.41) is 3.74. The van der Waals surface area contributed by atoms with Gasteiger partial charge in [-0.3, -0.25) is 4.79 Å². The van der Waals surface area contributed by atoms with Crippen LogP contribution in [-0.2, 0) is 9.53 Å². The van der Waals surface area contributed by atoms with E-state index in [1.165, 1.54) is 7.11 Å². The van der Waals surface area contributed by atoms with E-state index in [0.717, 1.165) is 5.75 Å². The van der Waals surface area contributed by atoms with Crippen molar-refractivity contribution in [1.82, 2.24) is 5.32 Å². The standard InChI is InChI=1S/C12H14ClNO3/c1-16-12(15)11-6-10(7-14-11)17-9-4-2-8(13)3-5-9/h2-5,10-11,14H,6-7H2,1H3/t10-,11+/m0/s1. The average Bonchev–Trinajstić information content (AvgIpc) is 2.80. The Bertz CT molecular complexity index is 393. The third kappa shape index (κ3) is 3.11. The maximum absolute atomic E-state index is 11.3. The molecule has 0 spiro atoms. The first-order valence-electron chi connectivity index (χ1n) is 5.42. The largest absolute Gasteiger partial charge is 0.489 e. The third-order valence-electron chi connectivity index (χ3n) is 2.69. The Hall–Kier alpha value is -1.26. The SMILES string of the molecule is COC(=O)[C@H]1C[C@H](Oc2ccc(Cl)cc2)CN1. The molecule has 1 fully saturated rings. The second-order valence-corrected chi connectivity index (χ2v) is 4.35. The van der Waals surface area contributed by atoms with Crippen LogP contribution in [0.15, 0.2) is 24.3 Å². The van der Waals surface area contributed by atoms with Crippen LogP contribution in [0.3, 0.4) is 0 Å². The van der Waals surface area contributed by atoms with Gasteiger partial charge in [-0.15, -0.1) is 0 Å². The van der Waals surface area contributed by atoms with Crippen LogP contribution in [0, 0.1) is 0 Å². The minimum absolute atomic E-state index is 0.0136. The molecule has 0 saturated carbocycles. The number of nitrogens with one attached hydrogen (secondary N) is 1. The molecule has 1 aliphatic rings. The Morgan fingerprint density at radius 1 is 1.41 bits per heavy atom. The monoisotopic (exact) mass is 255 g/mol. The van der Waals surface area contributed by atoms with Crippen LogP contribution in [-0.4, -0.2) is 31.8 Å². The first-order chi connectivity index (χ1) is 8.19. The highest BCUT2D eigenvalue weighted by atomic mass is 35.5. The number of ether oxygens (including phenoxy) is 2. The van der Waals surface area contributed by atoms with Crippen molar-refractivity contribution in [2.75, 3.05) is 13.7 Å². The zero-order valence-corrected chi connectivity index (χ0v) is 10.2. The minimum atomic E-state index is -0.266. The first-order valence-corrected chi connectivity index (χ1v) is 5.80. The fourth-order valence-electron chi connectivity index (χ4n) is 1.82. The van der Waals surface area contributed by atoms with Crippen molar-refractivity contribution in [2.45, 2.75) is 18.6 Å². The van der Waals surface area contributed by atoms with Crippen molar-refractivity contribution in [3.05, 3.63) is 29.3 Å². The predicted molar refractivity (Wildman–Crippen MR) is 64.3 cm³/mol. The quantitative estimate of drug-likeness (QED) is 0.834. The highest BCUT2D eigenvalue weighted by molar-refractivity contribution is 6.30. The van der Waals surface area contributed by atoms with Gasteiger partial charge in [0.1, 0.15) is 17.9 Å². The van der Waals surface area contributed by atoms with E-state index in [4.69, 9.17) is 16.3 Å². The van der Waals surface area contributed by atoms with E-state index in [1.807, 2.05) is 12.1 Å². The summed E-state index contributed by atoms with van der Waals surface area (Å²) in [6, 6.07) is 6.91. The van der Waals surface area contributed by atoms with Gasteiger partial charge in [0, 0.05) is 18.0 Å². The number of benzene rings is 1. The molecule has 1 aliphatic heterocycles. The molecule has 0 aromatic heterocycles. The van der Waals surface area contributed by atoms with E-state index in [1.54, 1.807) is 12.1 Å². The number of carbonyl (C=O) groups is 1. The molecule has 2 rings (SSSR count). The molecule has 0 bridgehead atoms. The number of methoxy groups -OCH3 is 1. The fourth-order valence-corrected chi connectivity index (χ4v) is 1.95. The van der Waals surface area contributed by atoms with E-state index in [-0.39, 0.29) is 18.1 Å². The molecule has 0 radical (unpaired) electrons. The Labute approximate surface area is 105 Å². The lowest BCUT2D eigenvalue weighted by Crippen LogP contribution is -2.31.